The van der Waals surface area contributed by atoms with Gasteiger partial charge in [0.05, 0.1) is 5.92 Å². The molecule has 0 aromatic heterocycles. The van der Waals surface area contributed by atoms with Crippen molar-refractivity contribution in [3.05, 3.63) is 35.9 Å². The minimum Gasteiger partial charge on any atom is -0.481 e. The van der Waals surface area contributed by atoms with Crippen molar-refractivity contribution in [3.8, 4) is 0 Å². The normalized spacial score (nSPS) is 12.1. The van der Waals surface area contributed by atoms with Crippen LogP contribution in [0.15, 0.2) is 30.3 Å². The lowest BCUT2D eigenvalue weighted by atomic mass is 10.0. The summed E-state index contributed by atoms with van der Waals surface area (Å²) in [7, 11) is 0. The summed E-state index contributed by atoms with van der Waals surface area (Å²) in [6.07, 6.45) is 1.30. The summed E-state index contributed by atoms with van der Waals surface area (Å²) in [5, 5.41) is 9.01. The fourth-order valence-corrected chi connectivity index (χ4v) is 2.23. The van der Waals surface area contributed by atoms with Crippen LogP contribution in [-0.4, -0.2) is 21.9 Å². The summed E-state index contributed by atoms with van der Waals surface area (Å²) in [6.45, 7) is 1.46. The number of aliphatic carboxylic acids is 1. The van der Waals surface area contributed by atoms with E-state index in [9.17, 15) is 9.59 Å². The smallest absolute Gasteiger partial charge is 0.307 e. The highest BCUT2D eigenvalue weighted by molar-refractivity contribution is 8.13. The number of carbonyl (C=O) groups excluding carboxylic acids is 1. The molecule has 0 saturated heterocycles. The lowest BCUT2D eigenvalue weighted by Crippen LogP contribution is -2.17. The molecule has 0 amide bonds. The molecule has 17 heavy (non-hydrogen) atoms. The van der Waals surface area contributed by atoms with Gasteiger partial charge < -0.3 is 5.11 Å². The third-order valence-corrected chi connectivity index (χ3v) is 3.44. The van der Waals surface area contributed by atoms with Gasteiger partial charge in [0.15, 0.2) is 5.12 Å². The lowest BCUT2D eigenvalue weighted by Gasteiger charge is -2.10. The summed E-state index contributed by atoms with van der Waals surface area (Å²) in [4.78, 5) is 21.8. The molecule has 0 heterocycles. The van der Waals surface area contributed by atoms with E-state index in [1.807, 2.05) is 30.3 Å². The number of thioether (sulfide) groups is 1. The molecular formula is C13H16O3S. The molecule has 3 nitrogen and oxygen atoms in total. The van der Waals surface area contributed by atoms with E-state index in [-0.39, 0.29) is 5.12 Å². The van der Waals surface area contributed by atoms with Crippen molar-refractivity contribution in [2.45, 2.75) is 19.8 Å². The first kappa shape index (κ1) is 13.8. The maximum absolute atomic E-state index is 11.0. The average Bonchev–Trinajstić information content (AvgIpc) is 2.29. The topological polar surface area (TPSA) is 54.4 Å². The summed E-state index contributed by atoms with van der Waals surface area (Å²) in [5.41, 5.74) is 1.13. The van der Waals surface area contributed by atoms with E-state index in [2.05, 4.69) is 0 Å². The minimum atomic E-state index is -0.824. The maximum Gasteiger partial charge on any atom is 0.307 e. The van der Waals surface area contributed by atoms with Crippen molar-refractivity contribution in [3.63, 3.8) is 0 Å². The number of hydrogen-bond donors (Lipinski definition) is 1. The van der Waals surface area contributed by atoms with Crippen LogP contribution in [0.5, 0.6) is 0 Å². The van der Waals surface area contributed by atoms with Crippen LogP contribution in [0.25, 0.3) is 0 Å². The van der Waals surface area contributed by atoms with Gasteiger partial charge in [-0.05, 0) is 18.4 Å². The van der Waals surface area contributed by atoms with Crippen molar-refractivity contribution in [1.82, 2.24) is 0 Å². The van der Waals surface area contributed by atoms with Gasteiger partial charge in [-0.15, -0.1) is 0 Å². The van der Waals surface area contributed by atoms with Crippen LogP contribution < -0.4 is 0 Å². The molecule has 4 heteroatoms. The van der Waals surface area contributed by atoms with Gasteiger partial charge in [0, 0.05) is 12.7 Å². The number of carboxylic acids is 1. The zero-order valence-corrected chi connectivity index (χ0v) is 10.6. The largest absolute Gasteiger partial charge is 0.481 e. The van der Waals surface area contributed by atoms with Crippen LogP contribution in [0.2, 0.25) is 0 Å². The fourth-order valence-electron chi connectivity index (χ4n) is 1.48. The van der Waals surface area contributed by atoms with Crippen molar-refractivity contribution < 1.29 is 14.7 Å². The Morgan fingerprint density at radius 2 is 1.94 bits per heavy atom. The van der Waals surface area contributed by atoms with Crippen LogP contribution in [0.4, 0.5) is 0 Å². The molecule has 0 aliphatic rings. The molecule has 1 aromatic carbocycles. The van der Waals surface area contributed by atoms with Crippen LogP contribution in [-0.2, 0) is 16.0 Å². The standard InChI is InChI=1S/C13H16O3S/c1-10(14)17-9-12(13(15)16)8-7-11-5-3-2-4-6-11/h2-6,12H,7-9H2,1H3,(H,15,16)/t12-/m0/s1. The summed E-state index contributed by atoms with van der Waals surface area (Å²) in [5.74, 6) is -0.920. The molecule has 0 fully saturated rings. The first-order valence-electron chi connectivity index (χ1n) is 5.49. The first-order valence-corrected chi connectivity index (χ1v) is 6.48. The second-order valence-electron chi connectivity index (χ2n) is 3.86. The van der Waals surface area contributed by atoms with Crippen LogP contribution >= 0.6 is 11.8 Å². The van der Waals surface area contributed by atoms with Crippen molar-refractivity contribution >= 4 is 22.8 Å². The summed E-state index contributed by atoms with van der Waals surface area (Å²) in [6, 6.07) is 9.78. The highest BCUT2D eigenvalue weighted by Gasteiger charge is 2.18. The van der Waals surface area contributed by atoms with Gasteiger partial charge >= 0.3 is 5.97 Å². The molecule has 92 valence electrons. The molecule has 0 bridgehead atoms. The molecule has 0 unspecified atom stereocenters. The van der Waals surface area contributed by atoms with Gasteiger partial charge in [0.1, 0.15) is 0 Å². The number of benzene rings is 1. The Labute approximate surface area is 105 Å². The Morgan fingerprint density at radius 3 is 2.47 bits per heavy atom. The highest BCUT2D eigenvalue weighted by Crippen LogP contribution is 2.16. The minimum absolute atomic E-state index is 0.0315. The Bertz CT molecular complexity index is 376. The number of aryl methyl sites for hydroxylation is 1. The van der Waals surface area contributed by atoms with Crippen molar-refractivity contribution in [1.29, 1.82) is 0 Å². The quantitative estimate of drug-likeness (QED) is 0.845. The lowest BCUT2D eigenvalue weighted by molar-refractivity contribution is -0.141. The van der Waals surface area contributed by atoms with E-state index in [0.29, 0.717) is 12.2 Å². The average molecular weight is 252 g/mol. The van der Waals surface area contributed by atoms with Crippen molar-refractivity contribution in [2.24, 2.45) is 5.92 Å². The first-order chi connectivity index (χ1) is 8.09. The van der Waals surface area contributed by atoms with E-state index >= 15 is 0 Å². The number of hydrogen-bond acceptors (Lipinski definition) is 3. The third-order valence-electron chi connectivity index (χ3n) is 2.46. The van der Waals surface area contributed by atoms with Crippen LogP contribution in [0.1, 0.15) is 18.9 Å². The molecule has 0 aliphatic carbocycles. The highest BCUT2D eigenvalue weighted by atomic mass is 32.2. The number of rotatable bonds is 6. The van der Waals surface area contributed by atoms with E-state index in [4.69, 9.17) is 5.11 Å². The Balaban J connectivity index is 2.45. The summed E-state index contributed by atoms with van der Waals surface area (Å²) >= 11 is 1.08. The Hall–Kier alpha value is -1.29. The zero-order chi connectivity index (χ0) is 12.7. The van der Waals surface area contributed by atoms with Gasteiger partial charge in [-0.2, -0.15) is 0 Å². The van der Waals surface area contributed by atoms with Gasteiger partial charge in [-0.25, -0.2) is 0 Å². The second-order valence-corrected chi connectivity index (χ2v) is 5.06. The van der Waals surface area contributed by atoms with Gasteiger partial charge in [0.25, 0.3) is 0 Å². The monoisotopic (exact) mass is 252 g/mol. The Kier molecular flexibility index (Phi) is 5.77. The number of carboxylic acid groups (broad SMARTS) is 1. The molecule has 1 aromatic rings. The van der Waals surface area contributed by atoms with Gasteiger partial charge in [-0.1, -0.05) is 42.1 Å². The second kappa shape index (κ2) is 7.12. The predicted octanol–water partition coefficient (Wildman–Crippen LogP) is 2.60. The van der Waals surface area contributed by atoms with E-state index in [1.54, 1.807) is 0 Å². The van der Waals surface area contributed by atoms with Crippen LogP contribution in [0.3, 0.4) is 0 Å². The molecule has 0 saturated carbocycles. The van der Waals surface area contributed by atoms with Crippen LogP contribution in [0, 0.1) is 5.92 Å². The fraction of sp³-hybridized carbons (Fsp3) is 0.385. The molecular weight excluding hydrogens is 236 g/mol. The third kappa shape index (κ3) is 5.54. The number of carbonyl (C=O) groups is 2. The van der Waals surface area contributed by atoms with E-state index < -0.39 is 11.9 Å². The SMILES string of the molecule is CC(=O)SC[C@H](CCc1ccccc1)C(=O)O. The molecule has 0 radical (unpaired) electrons. The molecule has 1 N–H and O–H groups in total. The van der Waals surface area contributed by atoms with Crippen molar-refractivity contribution in [2.75, 3.05) is 5.75 Å². The summed E-state index contributed by atoms with van der Waals surface area (Å²) < 4.78 is 0. The predicted molar refractivity (Wildman–Crippen MR) is 69.0 cm³/mol. The van der Waals surface area contributed by atoms with Gasteiger partial charge in [0.2, 0.25) is 0 Å². The molecule has 1 atom stereocenters. The maximum atomic E-state index is 11.0. The van der Waals surface area contributed by atoms with E-state index in [0.717, 1.165) is 23.7 Å². The Morgan fingerprint density at radius 1 is 1.29 bits per heavy atom. The van der Waals surface area contributed by atoms with E-state index in [1.165, 1.54) is 6.92 Å². The molecule has 0 aliphatic heterocycles. The molecule has 1 rings (SSSR count). The molecule has 0 spiro atoms. The van der Waals surface area contributed by atoms with Gasteiger partial charge in [-0.3, -0.25) is 9.59 Å². The zero-order valence-electron chi connectivity index (χ0n) is 9.76.